The molecular formula is C14H20N2O. The maximum atomic E-state index is 12.2. The van der Waals surface area contributed by atoms with E-state index in [4.69, 9.17) is 0 Å². The van der Waals surface area contributed by atoms with Crippen LogP contribution < -0.4 is 5.32 Å². The number of nitrogens with one attached hydrogen (secondary N) is 1. The number of rotatable bonds is 2. The summed E-state index contributed by atoms with van der Waals surface area (Å²) in [6, 6.07) is 10.4. The van der Waals surface area contributed by atoms with Crippen molar-refractivity contribution >= 4 is 5.91 Å². The summed E-state index contributed by atoms with van der Waals surface area (Å²) in [5.41, 5.74) is 1.22. The lowest BCUT2D eigenvalue weighted by Crippen LogP contribution is -2.49. The van der Waals surface area contributed by atoms with Crippen LogP contribution in [0.3, 0.4) is 0 Å². The van der Waals surface area contributed by atoms with E-state index >= 15 is 0 Å². The van der Waals surface area contributed by atoms with Crippen molar-refractivity contribution in [2.45, 2.75) is 19.9 Å². The van der Waals surface area contributed by atoms with Crippen LogP contribution in [0.5, 0.6) is 0 Å². The third-order valence-electron chi connectivity index (χ3n) is 3.20. The lowest BCUT2D eigenvalue weighted by Gasteiger charge is -2.37. The van der Waals surface area contributed by atoms with Crippen molar-refractivity contribution in [1.82, 2.24) is 10.2 Å². The Morgan fingerprint density at radius 3 is 2.71 bits per heavy atom. The van der Waals surface area contributed by atoms with Crippen LogP contribution in [0, 0.1) is 5.92 Å². The van der Waals surface area contributed by atoms with E-state index in [-0.39, 0.29) is 17.9 Å². The SMILES string of the molecule is CC(C)C(=O)N1CCNC[C@H]1c1ccccc1. The Morgan fingerprint density at radius 2 is 2.06 bits per heavy atom. The van der Waals surface area contributed by atoms with E-state index in [9.17, 15) is 4.79 Å². The van der Waals surface area contributed by atoms with Crippen LogP contribution in [0.1, 0.15) is 25.5 Å². The van der Waals surface area contributed by atoms with Crippen LogP contribution in [0.4, 0.5) is 0 Å². The summed E-state index contributed by atoms with van der Waals surface area (Å²) >= 11 is 0. The predicted octanol–water partition coefficient (Wildman–Crippen LogP) is 1.82. The van der Waals surface area contributed by atoms with Gasteiger partial charge in [-0.1, -0.05) is 44.2 Å². The van der Waals surface area contributed by atoms with E-state index in [2.05, 4.69) is 17.4 Å². The van der Waals surface area contributed by atoms with Gasteiger partial charge in [0.05, 0.1) is 6.04 Å². The second kappa shape index (κ2) is 5.32. The third-order valence-corrected chi connectivity index (χ3v) is 3.20. The van der Waals surface area contributed by atoms with Crippen LogP contribution in [0.2, 0.25) is 0 Å². The molecule has 0 unspecified atom stereocenters. The van der Waals surface area contributed by atoms with E-state index in [1.807, 2.05) is 36.9 Å². The number of benzene rings is 1. The van der Waals surface area contributed by atoms with Gasteiger partial charge in [0.1, 0.15) is 0 Å². The van der Waals surface area contributed by atoms with Crippen molar-refractivity contribution in [3.8, 4) is 0 Å². The number of carbonyl (C=O) groups excluding carboxylic acids is 1. The fourth-order valence-corrected chi connectivity index (χ4v) is 2.27. The van der Waals surface area contributed by atoms with Crippen molar-refractivity contribution in [1.29, 1.82) is 0 Å². The van der Waals surface area contributed by atoms with E-state index < -0.39 is 0 Å². The zero-order valence-corrected chi connectivity index (χ0v) is 10.5. The highest BCUT2D eigenvalue weighted by Gasteiger charge is 2.28. The molecule has 92 valence electrons. The standard InChI is InChI=1S/C14H20N2O/c1-11(2)14(17)16-9-8-15-10-13(16)12-6-4-3-5-7-12/h3-7,11,13,15H,8-10H2,1-2H3/t13-/m0/s1. The number of nitrogens with zero attached hydrogens (tertiary/aromatic N) is 1. The summed E-state index contributed by atoms with van der Waals surface area (Å²) in [5, 5.41) is 3.36. The lowest BCUT2D eigenvalue weighted by molar-refractivity contribution is -0.137. The molecule has 2 rings (SSSR count). The Bertz CT molecular complexity index is 375. The summed E-state index contributed by atoms with van der Waals surface area (Å²) in [7, 11) is 0. The first kappa shape index (κ1) is 12.1. The number of carbonyl (C=O) groups is 1. The number of piperazine rings is 1. The molecule has 1 amide bonds. The maximum absolute atomic E-state index is 12.2. The Balaban J connectivity index is 2.21. The molecule has 1 fully saturated rings. The monoisotopic (exact) mass is 232 g/mol. The van der Waals surface area contributed by atoms with Crippen molar-refractivity contribution in [3.05, 3.63) is 35.9 Å². The minimum atomic E-state index is 0.0688. The van der Waals surface area contributed by atoms with Gasteiger partial charge >= 0.3 is 0 Å². The topological polar surface area (TPSA) is 32.3 Å². The van der Waals surface area contributed by atoms with Gasteiger partial charge in [-0.15, -0.1) is 0 Å². The lowest BCUT2D eigenvalue weighted by atomic mass is 10.0. The van der Waals surface area contributed by atoms with E-state index in [1.54, 1.807) is 0 Å². The molecule has 1 aliphatic rings. The van der Waals surface area contributed by atoms with Crippen LogP contribution in [0.15, 0.2) is 30.3 Å². The first-order valence-electron chi connectivity index (χ1n) is 6.26. The Kier molecular flexibility index (Phi) is 3.79. The van der Waals surface area contributed by atoms with E-state index in [0.717, 1.165) is 19.6 Å². The number of hydrogen-bond acceptors (Lipinski definition) is 2. The molecule has 0 aromatic heterocycles. The van der Waals surface area contributed by atoms with Crippen molar-refractivity contribution in [3.63, 3.8) is 0 Å². The highest BCUT2D eigenvalue weighted by Crippen LogP contribution is 2.23. The summed E-state index contributed by atoms with van der Waals surface area (Å²) in [5.74, 6) is 0.319. The molecule has 0 saturated carbocycles. The molecule has 1 atom stereocenters. The minimum absolute atomic E-state index is 0.0688. The van der Waals surface area contributed by atoms with E-state index in [1.165, 1.54) is 5.56 Å². The van der Waals surface area contributed by atoms with Crippen LogP contribution in [0.25, 0.3) is 0 Å². The van der Waals surface area contributed by atoms with Crippen LogP contribution in [-0.2, 0) is 4.79 Å². The smallest absolute Gasteiger partial charge is 0.225 e. The zero-order chi connectivity index (χ0) is 12.3. The van der Waals surface area contributed by atoms with Gasteiger partial charge in [0, 0.05) is 25.6 Å². The molecule has 0 radical (unpaired) electrons. The quantitative estimate of drug-likeness (QED) is 0.843. The summed E-state index contributed by atoms with van der Waals surface area (Å²) < 4.78 is 0. The highest BCUT2D eigenvalue weighted by atomic mass is 16.2. The fourth-order valence-electron chi connectivity index (χ4n) is 2.27. The molecule has 1 N–H and O–H groups in total. The second-order valence-electron chi connectivity index (χ2n) is 4.82. The van der Waals surface area contributed by atoms with Gasteiger partial charge in [-0.2, -0.15) is 0 Å². The zero-order valence-electron chi connectivity index (χ0n) is 10.5. The Labute approximate surface area is 103 Å². The largest absolute Gasteiger partial charge is 0.333 e. The average molecular weight is 232 g/mol. The molecule has 1 aromatic rings. The van der Waals surface area contributed by atoms with Gasteiger partial charge in [-0.05, 0) is 5.56 Å². The second-order valence-corrected chi connectivity index (χ2v) is 4.82. The average Bonchev–Trinajstić information content (AvgIpc) is 2.39. The van der Waals surface area contributed by atoms with Gasteiger partial charge in [0.25, 0.3) is 0 Å². The molecule has 17 heavy (non-hydrogen) atoms. The molecule has 1 aliphatic heterocycles. The summed E-state index contributed by atoms with van der Waals surface area (Å²) in [6.45, 7) is 6.47. The maximum Gasteiger partial charge on any atom is 0.225 e. The van der Waals surface area contributed by atoms with Gasteiger partial charge < -0.3 is 10.2 Å². The predicted molar refractivity (Wildman–Crippen MR) is 68.6 cm³/mol. The number of hydrogen-bond donors (Lipinski definition) is 1. The van der Waals surface area contributed by atoms with Gasteiger partial charge in [0.15, 0.2) is 0 Å². The highest BCUT2D eigenvalue weighted by molar-refractivity contribution is 5.78. The third kappa shape index (κ3) is 2.67. The Morgan fingerprint density at radius 1 is 1.35 bits per heavy atom. The van der Waals surface area contributed by atoms with Crippen molar-refractivity contribution < 1.29 is 4.79 Å². The minimum Gasteiger partial charge on any atom is -0.333 e. The van der Waals surface area contributed by atoms with Crippen molar-refractivity contribution in [2.75, 3.05) is 19.6 Å². The molecule has 0 aliphatic carbocycles. The molecule has 3 heteroatoms. The first-order chi connectivity index (χ1) is 8.20. The number of amides is 1. The summed E-state index contributed by atoms with van der Waals surface area (Å²) in [4.78, 5) is 14.2. The van der Waals surface area contributed by atoms with Gasteiger partial charge in [0.2, 0.25) is 5.91 Å². The Hall–Kier alpha value is -1.35. The van der Waals surface area contributed by atoms with Gasteiger partial charge in [-0.25, -0.2) is 0 Å². The van der Waals surface area contributed by atoms with E-state index in [0.29, 0.717) is 0 Å². The normalized spacial score (nSPS) is 20.6. The molecule has 3 nitrogen and oxygen atoms in total. The molecule has 1 heterocycles. The van der Waals surface area contributed by atoms with Gasteiger partial charge in [-0.3, -0.25) is 4.79 Å². The molecule has 0 spiro atoms. The molecule has 1 aromatic carbocycles. The molecular weight excluding hydrogens is 212 g/mol. The first-order valence-corrected chi connectivity index (χ1v) is 6.26. The van der Waals surface area contributed by atoms with Crippen LogP contribution in [-0.4, -0.2) is 30.4 Å². The molecule has 0 bridgehead atoms. The molecule has 1 saturated heterocycles. The summed E-state index contributed by atoms with van der Waals surface area (Å²) in [6.07, 6.45) is 0. The van der Waals surface area contributed by atoms with Crippen LogP contribution >= 0.6 is 0 Å². The fraction of sp³-hybridized carbons (Fsp3) is 0.500. The van der Waals surface area contributed by atoms with Crippen molar-refractivity contribution in [2.24, 2.45) is 5.92 Å².